The quantitative estimate of drug-likeness (QED) is 0.684. The van der Waals surface area contributed by atoms with Gasteiger partial charge in [0.1, 0.15) is 11.4 Å². The first-order valence-electron chi connectivity index (χ1n) is 4.96. The third-order valence-corrected chi connectivity index (χ3v) is 2.66. The summed E-state index contributed by atoms with van der Waals surface area (Å²) in [5.41, 5.74) is 1.75. The van der Waals surface area contributed by atoms with E-state index in [-0.39, 0.29) is 5.60 Å². The second kappa shape index (κ2) is 2.99. The van der Waals surface area contributed by atoms with E-state index in [9.17, 15) is 5.11 Å². The zero-order valence-electron chi connectivity index (χ0n) is 8.87. The Kier molecular flexibility index (Phi) is 2.04. The maximum absolute atomic E-state index is 9.94. The van der Waals surface area contributed by atoms with Crippen LogP contribution in [0.15, 0.2) is 18.2 Å². The van der Waals surface area contributed by atoms with Crippen molar-refractivity contribution in [2.45, 2.75) is 38.9 Å². The fourth-order valence-corrected chi connectivity index (χ4v) is 1.97. The van der Waals surface area contributed by atoms with Gasteiger partial charge in [-0.3, -0.25) is 0 Å². The van der Waals surface area contributed by atoms with Gasteiger partial charge in [-0.05, 0) is 26.3 Å². The molecule has 1 aromatic rings. The van der Waals surface area contributed by atoms with Crippen molar-refractivity contribution < 1.29 is 9.84 Å². The molecular formula is C12H16O2. The Morgan fingerprint density at radius 2 is 2.14 bits per heavy atom. The summed E-state index contributed by atoms with van der Waals surface area (Å²) in [7, 11) is 0. The predicted molar refractivity (Wildman–Crippen MR) is 55.5 cm³/mol. The van der Waals surface area contributed by atoms with E-state index in [1.807, 2.05) is 39.0 Å². The molecule has 2 rings (SSSR count). The van der Waals surface area contributed by atoms with Crippen molar-refractivity contribution in [3.05, 3.63) is 29.3 Å². The maximum atomic E-state index is 9.94. The predicted octanol–water partition coefficient (Wildman–Crippen LogP) is 2.59. The van der Waals surface area contributed by atoms with Gasteiger partial charge in [0.05, 0.1) is 6.10 Å². The minimum absolute atomic E-state index is 0.265. The van der Waals surface area contributed by atoms with Crippen LogP contribution in [0.2, 0.25) is 0 Å². The average Bonchev–Trinajstić information content (AvgIpc) is 2.05. The van der Waals surface area contributed by atoms with Gasteiger partial charge in [0.25, 0.3) is 0 Å². The molecule has 1 aromatic carbocycles. The lowest BCUT2D eigenvalue weighted by Gasteiger charge is -2.36. The van der Waals surface area contributed by atoms with Crippen molar-refractivity contribution in [3.63, 3.8) is 0 Å². The van der Waals surface area contributed by atoms with Crippen LogP contribution >= 0.6 is 0 Å². The van der Waals surface area contributed by atoms with Crippen molar-refractivity contribution in [2.24, 2.45) is 0 Å². The van der Waals surface area contributed by atoms with E-state index in [0.717, 1.165) is 16.9 Å². The molecule has 1 unspecified atom stereocenters. The highest BCUT2D eigenvalue weighted by Crippen LogP contribution is 2.40. The van der Waals surface area contributed by atoms with E-state index in [4.69, 9.17) is 4.74 Å². The van der Waals surface area contributed by atoms with E-state index in [0.29, 0.717) is 6.42 Å². The molecule has 0 saturated heterocycles. The van der Waals surface area contributed by atoms with E-state index in [2.05, 4.69) is 0 Å². The highest BCUT2D eigenvalue weighted by atomic mass is 16.5. The lowest BCUT2D eigenvalue weighted by Crippen LogP contribution is -2.35. The summed E-state index contributed by atoms with van der Waals surface area (Å²) < 4.78 is 5.86. The summed E-state index contributed by atoms with van der Waals surface area (Å²) in [6, 6.07) is 5.90. The topological polar surface area (TPSA) is 29.5 Å². The second-order valence-electron chi connectivity index (χ2n) is 4.57. The normalized spacial score (nSPS) is 23.9. The molecule has 0 bridgehead atoms. The van der Waals surface area contributed by atoms with Crippen molar-refractivity contribution in [1.29, 1.82) is 0 Å². The molecule has 2 nitrogen and oxygen atoms in total. The molecule has 76 valence electrons. The summed E-state index contributed by atoms with van der Waals surface area (Å²) in [6.45, 7) is 6.02. The maximum Gasteiger partial charge on any atom is 0.128 e. The fraction of sp³-hybridized carbons (Fsp3) is 0.500. The van der Waals surface area contributed by atoms with Crippen LogP contribution in [0.4, 0.5) is 0 Å². The first-order chi connectivity index (χ1) is 6.49. The molecule has 1 aliphatic heterocycles. The summed E-state index contributed by atoms with van der Waals surface area (Å²) in [6.07, 6.45) is 0.261. The number of hydrogen-bond acceptors (Lipinski definition) is 2. The first-order valence-corrected chi connectivity index (χ1v) is 4.96. The number of aliphatic hydroxyl groups is 1. The largest absolute Gasteiger partial charge is 0.487 e. The number of fused-ring (bicyclic) bond motifs is 1. The molecule has 0 aromatic heterocycles. The highest BCUT2D eigenvalue weighted by Gasteiger charge is 2.33. The number of para-hydroxylation sites is 1. The molecule has 0 aliphatic carbocycles. The van der Waals surface area contributed by atoms with Crippen molar-refractivity contribution in [1.82, 2.24) is 0 Å². The van der Waals surface area contributed by atoms with E-state index < -0.39 is 6.10 Å². The second-order valence-corrected chi connectivity index (χ2v) is 4.57. The number of benzene rings is 1. The standard InChI is InChI=1S/C12H16O2/c1-8-5-4-6-9-10(13)7-12(2,3)14-11(8)9/h4-6,10,13H,7H2,1-3H3. The Balaban J connectivity index is 2.51. The Labute approximate surface area is 84.5 Å². The monoisotopic (exact) mass is 192 g/mol. The van der Waals surface area contributed by atoms with Gasteiger partial charge in [0.2, 0.25) is 0 Å². The van der Waals surface area contributed by atoms with E-state index in [1.165, 1.54) is 0 Å². The van der Waals surface area contributed by atoms with Gasteiger partial charge in [-0.15, -0.1) is 0 Å². The Morgan fingerprint density at radius 3 is 2.86 bits per heavy atom. The van der Waals surface area contributed by atoms with Gasteiger partial charge >= 0.3 is 0 Å². The molecular weight excluding hydrogens is 176 g/mol. The zero-order chi connectivity index (χ0) is 10.3. The number of rotatable bonds is 0. The van der Waals surface area contributed by atoms with Gasteiger partial charge in [0, 0.05) is 12.0 Å². The summed E-state index contributed by atoms with van der Waals surface area (Å²) in [5, 5.41) is 9.94. The van der Waals surface area contributed by atoms with Crippen molar-refractivity contribution in [3.8, 4) is 5.75 Å². The number of ether oxygens (including phenoxy) is 1. The molecule has 1 aliphatic rings. The van der Waals surface area contributed by atoms with E-state index in [1.54, 1.807) is 0 Å². The molecule has 0 spiro atoms. The highest BCUT2D eigenvalue weighted by molar-refractivity contribution is 5.44. The lowest BCUT2D eigenvalue weighted by atomic mass is 9.90. The van der Waals surface area contributed by atoms with Gasteiger partial charge < -0.3 is 9.84 Å². The summed E-state index contributed by atoms with van der Waals surface area (Å²) >= 11 is 0. The smallest absolute Gasteiger partial charge is 0.128 e. The minimum Gasteiger partial charge on any atom is -0.487 e. The molecule has 1 atom stereocenters. The molecule has 1 N–H and O–H groups in total. The summed E-state index contributed by atoms with van der Waals surface area (Å²) in [5.74, 6) is 0.858. The first kappa shape index (κ1) is 9.53. The molecule has 2 heteroatoms. The molecule has 0 amide bonds. The number of hydrogen-bond donors (Lipinski definition) is 1. The Morgan fingerprint density at radius 1 is 1.43 bits per heavy atom. The van der Waals surface area contributed by atoms with Crippen LogP contribution in [-0.4, -0.2) is 10.7 Å². The van der Waals surface area contributed by atoms with Crippen LogP contribution in [0.25, 0.3) is 0 Å². The van der Waals surface area contributed by atoms with Crippen molar-refractivity contribution >= 4 is 0 Å². The van der Waals surface area contributed by atoms with Crippen LogP contribution < -0.4 is 4.74 Å². The van der Waals surface area contributed by atoms with Crippen molar-refractivity contribution in [2.75, 3.05) is 0 Å². The Hall–Kier alpha value is -1.02. The van der Waals surface area contributed by atoms with Crippen LogP contribution in [-0.2, 0) is 0 Å². The van der Waals surface area contributed by atoms with Gasteiger partial charge in [0.15, 0.2) is 0 Å². The Bertz CT molecular complexity index is 355. The average molecular weight is 192 g/mol. The molecule has 0 fully saturated rings. The molecule has 1 heterocycles. The SMILES string of the molecule is Cc1cccc2c1OC(C)(C)CC2O. The van der Waals surface area contributed by atoms with Gasteiger partial charge in [-0.1, -0.05) is 18.2 Å². The van der Waals surface area contributed by atoms with Crippen LogP contribution in [0.1, 0.15) is 37.5 Å². The van der Waals surface area contributed by atoms with E-state index >= 15 is 0 Å². The third-order valence-electron chi connectivity index (χ3n) is 2.66. The minimum atomic E-state index is -0.395. The zero-order valence-corrected chi connectivity index (χ0v) is 8.87. The third kappa shape index (κ3) is 1.50. The fourth-order valence-electron chi connectivity index (χ4n) is 1.97. The van der Waals surface area contributed by atoms with Crippen LogP contribution in [0, 0.1) is 6.92 Å². The van der Waals surface area contributed by atoms with Crippen LogP contribution in [0.3, 0.4) is 0 Å². The van der Waals surface area contributed by atoms with Crippen LogP contribution in [0.5, 0.6) is 5.75 Å². The molecule has 0 saturated carbocycles. The van der Waals surface area contributed by atoms with Gasteiger partial charge in [-0.2, -0.15) is 0 Å². The number of aliphatic hydroxyl groups excluding tert-OH is 1. The number of aryl methyl sites for hydroxylation is 1. The summed E-state index contributed by atoms with van der Waals surface area (Å²) in [4.78, 5) is 0. The molecule has 14 heavy (non-hydrogen) atoms. The molecule has 0 radical (unpaired) electrons. The lowest BCUT2D eigenvalue weighted by molar-refractivity contribution is 0.0109. The van der Waals surface area contributed by atoms with Gasteiger partial charge in [-0.25, -0.2) is 0 Å².